The van der Waals surface area contributed by atoms with Crippen molar-refractivity contribution < 1.29 is 141 Å². The summed E-state index contributed by atoms with van der Waals surface area (Å²) in [5, 5.41) is 0. The topological polar surface area (TPSA) is 191 Å². The zero-order valence-electron chi connectivity index (χ0n) is 13.0. The van der Waals surface area contributed by atoms with E-state index in [-0.39, 0.29) is 95.1 Å². The van der Waals surface area contributed by atoms with Crippen LogP contribution in [0.2, 0.25) is 0 Å². The molecule has 0 aliphatic carbocycles. The summed E-state index contributed by atoms with van der Waals surface area (Å²) in [5.74, 6) is 0. The molecule has 0 amide bonds. The fourth-order valence-corrected chi connectivity index (χ4v) is 2.74. The van der Waals surface area contributed by atoms with Crippen molar-refractivity contribution in [2.75, 3.05) is 13.2 Å². The molecule has 24 heavy (non-hydrogen) atoms. The van der Waals surface area contributed by atoms with Crippen LogP contribution in [0.5, 0.6) is 0 Å². The van der Waals surface area contributed by atoms with Gasteiger partial charge in [-0.3, -0.25) is 12.5 Å². The van der Waals surface area contributed by atoms with Gasteiger partial charge in [-0.25, -0.2) is 21.0 Å². The molecule has 0 N–H and O–H groups in total. The number of hydrogen-bond acceptors (Lipinski definition) is 12. The second-order valence-corrected chi connectivity index (χ2v) is 6.43. The van der Waals surface area contributed by atoms with E-state index in [4.69, 9.17) is 4.74 Å². The molecule has 0 radical (unpaired) electrons. The van der Waals surface area contributed by atoms with Crippen molar-refractivity contribution in [1.82, 2.24) is 0 Å². The van der Waals surface area contributed by atoms with E-state index in [2.05, 4.69) is 12.5 Å². The predicted molar refractivity (Wildman–Crippen MR) is 58.4 cm³/mol. The van der Waals surface area contributed by atoms with Gasteiger partial charge < -0.3 is 18.4 Å². The van der Waals surface area contributed by atoms with Crippen LogP contribution in [0.25, 0.3) is 0 Å². The van der Waals surface area contributed by atoms with Crippen LogP contribution in [0.4, 0.5) is 0 Å². The van der Waals surface area contributed by atoms with Gasteiger partial charge in [0, 0.05) is 6.42 Å². The van der Waals surface area contributed by atoms with Crippen molar-refractivity contribution in [3.63, 3.8) is 0 Å². The Hall–Kier alpha value is 2.77. The number of hydrogen-bond donors (Lipinski definition) is 0. The summed E-state index contributed by atoms with van der Waals surface area (Å²) in [7, 11) is -10.1. The quantitative estimate of drug-likeness (QED) is 0.158. The molecule has 1 aliphatic heterocycles. The van der Waals surface area contributed by atoms with Crippen molar-refractivity contribution in [1.29, 1.82) is 0 Å². The van der Waals surface area contributed by atoms with Crippen LogP contribution in [-0.4, -0.2) is 66.2 Å². The second-order valence-electron chi connectivity index (χ2n) is 3.77. The molecule has 18 heteroatoms. The Morgan fingerprint density at radius 1 is 1.04 bits per heavy atom. The van der Waals surface area contributed by atoms with Crippen LogP contribution >= 0.6 is 0 Å². The smallest absolute Gasteiger partial charge is 0.750 e. The van der Waals surface area contributed by atoms with E-state index in [0.717, 1.165) is 0 Å². The van der Waals surface area contributed by atoms with Crippen LogP contribution in [0.3, 0.4) is 0 Å². The van der Waals surface area contributed by atoms with Gasteiger partial charge in [-0.1, -0.05) is 0 Å². The Kier molecular flexibility index (Phi) is 18.2. The SMILES string of the molecule is O=S([O-])OC1CC(COS(=O)(=O)[O-])OCC1OS(=O)(=O)[O-].[Na+].[Na+].[Na+]. The third kappa shape index (κ3) is 14.8. The average molecular weight is 438 g/mol. The molecule has 1 heterocycles. The first-order valence-electron chi connectivity index (χ1n) is 5.08. The maximum atomic E-state index is 10.5. The molecule has 1 aliphatic rings. The van der Waals surface area contributed by atoms with E-state index < -0.39 is 63.7 Å². The molecule has 12 nitrogen and oxygen atoms in total. The third-order valence-electron chi connectivity index (χ3n) is 2.25. The average Bonchev–Trinajstić information content (AvgIpc) is 2.26. The molecule has 4 unspecified atom stereocenters. The molecule has 0 aromatic carbocycles. The Labute approximate surface area is 208 Å². The third-order valence-corrected chi connectivity index (χ3v) is 3.56. The van der Waals surface area contributed by atoms with Gasteiger partial charge in [0.1, 0.15) is 12.2 Å². The summed E-state index contributed by atoms with van der Waals surface area (Å²) in [6.07, 6.45) is -4.42. The molecule has 0 saturated carbocycles. The van der Waals surface area contributed by atoms with Gasteiger partial charge in [-0.05, 0) is 0 Å². The van der Waals surface area contributed by atoms with Crippen LogP contribution in [0.1, 0.15) is 6.42 Å². The van der Waals surface area contributed by atoms with Crippen molar-refractivity contribution in [2.45, 2.75) is 24.7 Å². The first-order chi connectivity index (χ1) is 9.46. The van der Waals surface area contributed by atoms with Crippen LogP contribution in [-0.2, 0) is 49.4 Å². The van der Waals surface area contributed by atoms with E-state index >= 15 is 0 Å². The molecule has 0 bridgehead atoms. The summed E-state index contributed by atoms with van der Waals surface area (Å²) >= 11 is -3.05. The van der Waals surface area contributed by atoms with Crippen LogP contribution in [0, 0.1) is 0 Å². The zero-order valence-corrected chi connectivity index (χ0v) is 21.4. The normalized spacial score (nSPS) is 25.5. The van der Waals surface area contributed by atoms with Crippen molar-refractivity contribution in [3.05, 3.63) is 0 Å². The summed E-state index contributed by atoms with van der Waals surface area (Å²) in [4.78, 5) is 0. The maximum Gasteiger partial charge on any atom is 1.00 e. The van der Waals surface area contributed by atoms with Gasteiger partial charge in [0.2, 0.25) is 20.8 Å². The first kappa shape index (κ1) is 31.5. The van der Waals surface area contributed by atoms with Crippen molar-refractivity contribution >= 4 is 32.2 Å². The Morgan fingerprint density at radius 2 is 1.58 bits per heavy atom. The fourth-order valence-electron chi connectivity index (χ4n) is 1.54. The van der Waals surface area contributed by atoms with E-state index in [0.29, 0.717) is 0 Å². The molecular formula is C6H9Na3O12S3. The van der Waals surface area contributed by atoms with E-state index in [1.54, 1.807) is 0 Å². The largest absolute Gasteiger partial charge is 1.00 e. The van der Waals surface area contributed by atoms with Gasteiger partial charge in [0.05, 0.1) is 30.7 Å². The molecular weight excluding hydrogens is 429 g/mol. The monoisotopic (exact) mass is 438 g/mol. The molecule has 0 spiro atoms. The predicted octanol–water partition coefficient (Wildman–Crippen LogP) is -11.7. The first-order valence-corrected chi connectivity index (χ1v) is 8.75. The zero-order chi connectivity index (χ0) is 16.3. The second kappa shape index (κ2) is 13.9. The van der Waals surface area contributed by atoms with Gasteiger partial charge in [-0.15, -0.1) is 0 Å². The Bertz CT molecular complexity index is 579. The van der Waals surface area contributed by atoms with Crippen molar-refractivity contribution in [2.24, 2.45) is 0 Å². The van der Waals surface area contributed by atoms with Crippen LogP contribution in [0.15, 0.2) is 0 Å². The molecule has 126 valence electrons. The fraction of sp³-hybridized carbons (Fsp3) is 1.00. The molecule has 1 rings (SSSR count). The molecule has 4 atom stereocenters. The van der Waals surface area contributed by atoms with Gasteiger partial charge in [0.15, 0.2) is 0 Å². The van der Waals surface area contributed by atoms with Crippen LogP contribution < -0.4 is 88.7 Å². The molecule has 0 aromatic heterocycles. The molecule has 1 saturated heterocycles. The van der Waals surface area contributed by atoms with E-state index in [1.807, 2.05) is 0 Å². The summed E-state index contributed by atoms with van der Waals surface area (Å²) in [6.45, 7) is -1.32. The van der Waals surface area contributed by atoms with Crippen molar-refractivity contribution in [3.8, 4) is 0 Å². The van der Waals surface area contributed by atoms with Gasteiger partial charge >= 0.3 is 88.7 Å². The van der Waals surface area contributed by atoms with E-state index in [9.17, 15) is 34.7 Å². The minimum absolute atomic E-state index is 0. The Morgan fingerprint density at radius 3 is 2.00 bits per heavy atom. The molecule has 0 aromatic rings. The van der Waals surface area contributed by atoms with Gasteiger partial charge in [-0.2, -0.15) is 0 Å². The minimum Gasteiger partial charge on any atom is -0.750 e. The summed E-state index contributed by atoms with van der Waals surface area (Å²) in [6, 6.07) is 0. The number of rotatable bonds is 7. The summed E-state index contributed by atoms with van der Waals surface area (Å²) in [5.41, 5.74) is 0. The van der Waals surface area contributed by atoms with E-state index in [1.165, 1.54) is 0 Å². The minimum atomic E-state index is -5.13. The summed E-state index contributed by atoms with van der Waals surface area (Å²) < 4.78 is 100. The standard InChI is InChI=1S/C6H12O12S3.3Na/c7-19(8)17-5-1-4(2-16-20(9,10)11)15-3-6(5)18-21(12,13)14;;;/h4-6H,1-3H2,(H,7,8)(H,9,10,11)(H,12,13,14);;;/q;3*+1/p-3. The molecule has 1 fully saturated rings. The van der Waals surface area contributed by atoms with Gasteiger partial charge in [0.25, 0.3) is 0 Å². The Balaban J connectivity index is -0.00000147. The maximum absolute atomic E-state index is 10.5. The number of ether oxygens (including phenoxy) is 1.